The second-order valence-electron chi connectivity index (χ2n) is 3.30. The Hall–Kier alpha value is -0.780. The van der Waals surface area contributed by atoms with Gasteiger partial charge in [-0.05, 0) is 43.3 Å². The van der Waals surface area contributed by atoms with Crippen LogP contribution < -0.4 is 0 Å². The minimum atomic E-state index is 1.12. The second-order valence-corrected chi connectivity index (χ2v) is 3.30. The van der Waals surface area contributed by atoms with Crippen molar-refractivity contribution in [1.29, 1.82) is 0 Å². The summed E-state index contributed by atoms with van der Waals surface area (Å²) in [5.41, 5.74) is 3.18. The smallest absolute Gasteiger partial charge is 0.0163 e. The van der Waals surface area contributed by atoms with Crippen molar-refractivity contribution >= 4 is 0 Å². The molecule has 0 unspecified atom stereocenters. The van der Waals surface area contributed by atoms with Crippen LogP contribution in [0.5, 0.6) is 0 Å². The molecule has 0 bridgehead atoms. The standard InChI is InChI=1S/C11H14.2C2H6/c1-2-6-10-8-4-5-9-11(10)7-3-1;2*1-2/h2-3,6-7H,1,4-5,8-9H2;2*1-2H3. The highest BCUT2D eigenvalue weighted by Crippen LogP contribution is 2.27. The fourth-order valence-electron chi connectivity index (χ4n) is 1.83. The molecule has 0 aromatic carbocycles. The van der Waals surface area contributed by atoms with Gasteiger partial charge in [-0.25, -0.2) is 0 Å². The van der Waals surface area contributed by atoms with Crippen LogP contribution in [0.4, 0.5) is 0 Å². The van der Waals surface area contributed by atoms with E-state index in [9.17, 15) is 0 Å². The molecule has 2 aliphatic rings. The molecule has 0 saturated carbocycles. The van der Waals surface area contributed by atoms with E-state index in [1.165, 1.54) is 25.7 Å². The number of hydrogen-bond donors (Lipinski definition) is 0. The largest absolute Gasteiger partial charge is 0.0805 e. The van der Waals surface area contributed by atoms with E-state index in [1.807, 2.05) is 27.7 Å². The molecule has 0 atom stereocenters. The van der Waals surface area contributed by atoms with Crippen molar-refractivity contribution in [2.45, 2.75) is 59.8 Å². The summed E-state index contributed by atoms with van der Waals surface area (Å²) >= 11 is 0. The summed E-state index contributed by atoms with van der Waals surface area (Å²) < 4.78 is 0. The number of rotatable bonds is 0. The molecular formula is C15H26. The maximum absolute atomic E-state index is 2.31. The van der Waals surface area contributed by atoms with Gasteiger partial charge in [-0.15, -0.1) is 0 Å². The van der Waals surface area contributed by atoms with E-state index in [2.05, 4.69) is 24.3 Å². The van der Waals surface area contributed by atoms with Crippen molar-refractivity contribution in [3.05, 3.63) is 35.5 Å². The Labute approximate surface area is 95.8 Å². The topological polar surface area (TPSA) is 0 Å². The zero-order valence-corrected chi connectivity index (χ0v) is 10.8. The van der Waals surface area contributed by atoms with Crippen LogP contribution in [-0.2, 0) is 0 Å². The Bertz CT molecular complexity index is 204. The molecule has 0 spiro atoms. The Morgan fingerprint density at radius 1 is 0.733 bits per heavy atom. The van der Waals surface area contributed by atoms with E-state index in [4.69, 9.17) is 0 Å². The normalized spacial score (nSPS) is 17.9. The van der Waals surface area contributed by atoms with Crippen LogP contribution in [0.3, 0.4) is 0 Å². The average molecular weight is 206 g/mol. The molecule has 0 heteroatoms. The van der Waals surface area contributed by atoms with Crippen LogP contribution in [0.2, 0.25) is 0 Å². The van der Waals surface area contributed by atoms with Crippen molar-refractivity contribution in [1.82, 2.24) is 0 Å². The second kappa shape index (κ2) is 9.76. The minimum absolute atomic E-state index is 1.12. The molecule has 0 saturated heterocycles. The first-order valence-electron chi connectivity index (χ1n) is 6.52. The fraction of sp³-hybridized carbons (Fsp3) is 0.600. The van der Waals surface area contributed by atoms with Gasteiger partial charge in [0.2, 0.25) is 0 Å². The minimum Gasteiger partial charge on any atom is -0.0805 e. The summed E-state index contributed by atoms with van der Waals surface area (Å²) in [6, 6.07) is 0. The van der Waals surface area contributed by atoms with E-state index in [0.717, 1.165) is 6.42 Å². The fourth-order valence-corrected chi connectivity index (χ4v) is 1.83. The van der Waals surface area contributed by atoms with Crippen LogP contribution in [0.1, 0.15) is 59.8 Å². The molecule has 0 aromatic rings. The molecule has 86 valence electrons. The van der Waals surface area contributed by atoms with Crippen LogP contribution >= 0.6 is 0 Å². The quantitative estimate of drug-likeness (QED) is 0.496. The van der Waals surface area contributed by atoms with Crippen LogP contribution in [-0.4, -0.2) is 0 Å². The van der Waals surface area contributed by atoms with Crippen molar-refractivity contribution in [2.75, 3.05) is 0 Å². The Balaban J connectivity index is 0.000000442. The highest BCUT2D eigenvalue weighted by atomic mass is 14.1. The molecule has 0 aliphatic heterocycles. The molecule has 15 heavy (non-hydrogen) atoms. The first kappa shape index (κ1) is 14.2. The highest BCUT2D eigenvalue weighted by molar-refractivity contribution is 5.37. The third-order valence-electron chi connectivity index (χ3n) is 2.46. The lowest BCUT2D eigenvalue weighted by atomic mass is 9.92. The lowest BCUT2D eigenvalue weighted by molar-refractivity contribution is 0.694. The van der Waals surface area contributed by atoms with Gasteiger partial charge < -0.3 is 0 Å². The molecule has 0 nitrogen and oxygen atoms in total. The predicted molar refractivity (Wildman–Crippen MR) is 71.1 cm³/mol. The van der Waals surface area contributed by atoms with Gasteiger partial charge in [0.05, 0.1) is 0 Å². The predicted octanol–water partition coefficient (Wildman–Crippen LogP) is 5.43. The Kier molecular flexibility index (Phi) is 9.26. The van der Waals surface area contributed by atoms with E-state index < -0.39 is 0 Å². The Morgan fingerprint density at radius 2 is 1.13 bits per heavy atom. The number of hydrogen-bond acceptors (Lipinski definition) is 0. The first-order valence-corrected chi connectivity index (χ1v) is 6.52. The van der Waals surface area contributed by atoms with Crippen LogP contribution in [0.15, 0.2) is 35.5 Å². The molecule has 0 N–H and O–H groups in total. The van der Waals surface area contributed by atoms with Crippen molar-refractivity contribution in [3.8, 4) is 0 Å². The highest BCUT2D eigenvalue weighted by Gasteiger charge is 2.08. The monoisotopic (exact) mass is 206 g/mol. The summed E-state index contributed by atoms with van der Waals surface area (Å²) in [4.78, 5) is 0. The Morgan fingerprint density at radius 3 is 1.53 bits per heavy atom. The molecule has 0 aromatic heterocycles. The van der Waals surface area contributed by atoms with Gasteiger partial charge in [-0.2, -0.15) is 0 Å². The summed E-state index contributed by atoms with van der Waals surface area (Å²) in [6.07, 6.45) is 15.7. The molecule has 0 fully saturated rings. The summed E-state index contributed by atoms with van der Waals surface area (Å²) in [7, 11) is 0. The lowest BCUT2D eigenvalue weighted by Crippen LogP contribution is -1.94. The van der Waals surface area contributed by atoms with Gasteiger partial charge in [0.25, 0.3) is 0 Å². The molecule has 0 radical (unpaired) electrons. The van der Waals surface area contributed by atoms with Crippen molar-refractivity contribution < 1.29 is 0 Å². The van der Waals surface area contributed by atoms with Gasteiger partial charge >= 0.3 is 0 Å². The van der Waals surface area contributed by atoms with Gasteiger partial charge in [0.15, 0.2) is 0 Å². The van der Waals surface area contributed by atoms with Gasteiger partial charge in [0.1, 0.15) is 0 Å². The van der Waals surface area contributed by atoms with Gasteiger partial charge in [0, 0.05) is 0 Å². The SMILES string of the molecule is C1=CC2=C(C=CC1)CCCC2.CC.CC. The van der Waals surface area contributed by atoms with Gasteiger partial charge in [-0.3, -0.25) is 0 Å². The zero-order chi connectivity index (χ0) is 11.5. The lowest BCUT2D eigenvalue weighted by Gasteiger charge is -2.14. The van der Waals surface area contributed by atoms with E-state index >= 15 is 0 Å². The molecule has 0 heterocycles. The van der Waals surface area contributed by atoms with Crippen molar-refractivity contribution in [2.24, 2.45) is 0 Å². The molecular weight excluding hydrogens is 180 g/mol. The molecule has 2 rings (SSSR count). The maximum atomic E-state index is 2.31. The zero-order valence-electron chi connectivity index (χ0n) is 10.8. The average Bonchev–Trinajstić information content (AvgIpc) is 2.59. The van der Waals surface area contributed by atoms with E-state index in [0.29, 0.717) is 0 Å². The maximum Gasteiger partial charge on any atom is -0.0163 e. The van der Waals surface area contributed by atoms with E-state index in [1.54, 1.807) is 11.1 Å². The van der Waals surface area contributed by atoms with Crippen LogP contribution in [0.25, 0.3) is 0 Å². The first-order chi connectivity index (χ1) is 7.47. The summed E-state index contributed by atoms with van der Waals surface area (Å²) in [5.74, 6) is 0. The molecule has 2 aliphatic carbocycles. The number of allylic oxidation sites excluding steroid dienone is 6. The summed E-state index contributed by atoms with van der Waals surface area (Å²) in [6.45, 7) is 8.00. The third-order valence-corrected chi connectivity index (χ3v) is 2.46. The van der Waals surface area contributed by atoms with Crippen LogP contribution in [0, 0.1) is 0 Å². The third kappa shape index (κ3) is 5.01. The van der Waals surface area contributed by atoms with Crippen molar-refractivity contribution in [3.63, 3.8) is 0 Å². The molecule has 0 amide bonds. The summed E-state index contributed by atoms with van der Waals surface area (Å²) in [5, 5.41) is 0. The van der Waals surface area contributed by atoms with E-state index in [-0.39, 0.29) is 0 Å². The van der Waals surface area contributed by atoms with Gasteiger partial charge in [-0.1, -0.05) is 52.0 Å².